The second-order valence-corrected chi connectivity index (χ2v) is 10.6. The van der Waals surface area contributed by atoms with Crippen molar-refractivity contribution in [3.05, 3.63) is 42.0 Å². The van der Waals surface area contributed by atoms with Gasteiger partial charge in [-0.05, 0) is 25.0 Å². The highest BCUT2D eigenvalue weighted by Crippen LogP contribution is 2.50. The van der Waals surface area contributed by atoms with E-state index in [9.17, 15) is 13.2 Å². The van der Waals surface area contributed by atoms with Gasteiger partial charge in [0.1, 0.15) is 5.75 Å². The number of benzene rings is 1. The summed E-state index contributed by atoms with van der Waals surface area (Å²) in [6.45, 7) is 1.49. The predicted octanol–water partition coefficient (Wildman–Crippen LogP) is 1.21. The lowest BCUT2D eigenvalue weighted by Crippen LogP contribution is -2.62. The van der Waals surface area contributed by atoms with Gasteiger partial charge in [0.15, 0.2) is 12.4 Å². The molecule has 1 aromatic heterocycles. The molecule has 9 nitrogen and oxygen atoms in total. The Labute approximate surface area is 175 Å². The van der Waals surface area contributed by atoms with Gasteiger partial charge in [-0.2, -0.15) is 4.98 Å². The number of aromatic nitrogens is 2. The average Bonchev–Trinajstić information content (AvgIpc) is 3.27. The Morgan fingerprint density at radius 1 is 1.23 bits per heavy atom. The highest BCUT2D eigenvalue weighted by atomic mass is 32.2. The average molecular weight is 433 g/mol. The van der Waals surface area contributed by atoms with Crippen LogP contribution in [0.2, 0.25) is 0 Å². The van der Waals surface area contributed by atoms with E-state index in [1.54, 1.807) is 17.0 Å². The van der Waals surface area contributed by atoms with E-state index < -0.39 is 15.4 Å². The molecule has 10 heteroatoms. The van der Waals surface area contributed by atoms with Gasteiger partial charge >= 0.3 is 0 Å². The van der Waals surface area contributed by atoms with Crippen molar-refractivity contribution in [1.29, 1.82) is 0 Å². The van der Waals surface area contributed by atoms with Crippen LogP contribution in [-0.4, -0.2) is 72.7 Å². The summed E-state index contributed by atoms with van der Waals surface area (Å²) in [6, 6.07) is 9.18. The van der Waals surface area contributed by atoms with Crippen molar-refractivity contribution in [1.82, 2.24) is 19.3 Å². The number of rotatable bonds is 6. The van der Waals surface area contributed by atoms with Gasteiger partial charge in [0, 0.05) is 37.5 Å². The zero-order valence-electron chi connectivity index (χ0n) is 16.7. The molecular formula is C20H24N4O5S. The molecule has 2 aliphatic heterocycles. The van der Waals surface area contributed by atoms with Crippen LogP contribution in [0.25, 0.3) is 0 Å². The summed E-state index contributed by atoms with van der Waals surface area (Å²) in [6.07, 6.45) is 3.34. The minimum atomic E-state index is -3.36. The summed E-state index contributed by atoms with van der Waals surface area (Å²) >= 11 is 0. The maximum absolute atomic E-state index is 12.6. The first-order chi connectivity index (χ1) is 14.3. The first kappa shape index (κ1) is 19.5. The standard InChI is InChI=1S/C20H24N4O5S/c1-30(26,27)24-9-16(19-21-18(22-29-19)14-7-8-14)20(13-24)11-23(12-20)17(25)10-28-15-5-3-2-4-6-15/h2-6,14,16H,7-13H2,1H3. The molecule has 5 rings (SSSR count). The number of para-hydroxylation sites is 1. The molecule has 160 valence electrons. The molecule has 1 aliphatic carbocycles. The van der Waals surface area contributed by atoms with E-state index in [2.05, 4.69) is 10.1 Å². The Bertz CT molecular complexity index is 1040. The first-order valence-electron chi connectivity index (χ1n) is 10.1. The molecule has 1 aromatic carbocycles. The molecule has 1 saturated carbocycles. The van der Waals surface area contributed by atoms with Crippen molar-refractivity contribution in [2.24, 2.45) is 5.41 Å². The summed E-state index contributed by atoms with van der Waals surface area (Å²) in [4.78, 5) is 18.9. The van der Waals surface area contributed by atoms with Crippen LogP contribution < -0.4 is 4.74 Å². The van der Waals surface area contributed by atoms with Gasteiger partial charge in [-0.25, -0.2) is 12.7 Å². The Hall–Kier alpha value is -2.46. The van der Waals surface area contributed by atoms with Crippen molar-refractivity contribution in [2.75, 3.05) is 39.0 Å². The quantitative estimate of drug-likeness (QED) is 0.675. The number of nitrogens with zero attached hydrogens (tertiary/aromatic N) is 4. The number of carbonyl (C=O) groups is 1. The lowest BCUT2D eigenvalue weighted by molar-refractivity contribution is -0.145. The SMILES string of the molecule is CS(=O)(=O)N1CC(c2nc(C3CC3)no2)C2(CN(C(=O)COc3ccccc3)C2)C1. The first-order valence-corrected chi connectivity index (χ1v) is 11.9. The number of amides is 1. The number of hydrogen-bond acceptors (Lipinski definition) is 7. The van der Waals surface area contributed by atoms with E-state index >= 15 is 0 Å². The third-order valence-electron chi connectivity index (χ3n) is 6.25. The Morgan fingerprint density at radius 3 is 2.63 bits per heavy atom. The van der Waals surface area contributed by atoms with Crippen molar-refractivity contribution >= 4 is 15.9 Å². The second-order valence-electron chi connectivity index (χ2n) is 8.59. The van der Waals surface area contributed by atoms with E-state index in [1.165, 1.54) is 10.6 Å². The molecule has 2 aromatic rings. The third kappa shape index (κ3) is 3.58. The van der Waals surface area contributed by atoms with Crippen molar-refractivity contribution in [3.63, 3.8) is 0 Å². The van der Waals surface area contributed by atoms with Gasteiger partial charge in [0.25, 0.3) is 5.91 Å². The highest BCUT2D eigenvalue weighted by Gasteiger charge is 2.59. The number of ether oxygens (including phenoxy) is 1. The maximum Gasteiger partial charge on any atom is 0.260 e. The molecule has 3 fully saturated rings. The summed E-state index contributed by atoms with van der Waals surface area (Å²) in [7, 11) is -3.36. The van der Waals surface area contributed by atoms with E-state index in [0.29, 0.717) is 49.6 Å². The molecule has 0 N–H and O–H groups in total. The van der Waals surface area contributed by atoms with E-state index in [4.69, 9.17) is 9.26 Å². The van der Waals surface area contributed by atoms with E-state index in [-0.39, 0.29) is 18.4 Å². The van der Waals surface area contributed by atoms with Gasteiger partial charge in [-0.1, -0.05) is 23.4 Å². The molecule has 1 amide bonds. The molecule has 0 bridgehead atoms. The summed E-state index contributed by atoms with van der Waals surface area (Å²) < 4.78 is 36.9. The summed E-state index contributed by atoms with van der Waals surface area (Å²) in [5, 5.41) is 4.10. The largest absolute Gasteiger partial charge is 0.484 e. The lowest BCUT2D eigenvalue weighted by Gasteiger charge is -2.50. The smallest absolute Gasteiger partial charge is 0.260 e. The fourth-order valence-corrected chi connectivity index (χ4v) is 5.29. The molecule has 30 heavy (non-hydrogen) atoms. The van der Waals surface area contributed by atoms with Crippen LogP contribution in [0.15, 0.2) is 34.9 Å². The van der Waals surface area contributed by atoms with Gasteiger partial charge in [0.2, 0.25) is 15.9 Å². The zero-order valence-corrected chi connectivity index (χ0v) is 17.5. The van der Waals surface area contributed by atoms with Gasteiger partial charge in [0.05, 0.1) is 12.2 Å². The fourth-order valence-electron chi connectivity index (χ4n) is 4.38. The monoisotopic (exact) mass is 432 g/mol. The van der Waals surface area contributed by atoms with Crippen LogP contribution in [0.5, 0.6) is 5.75 Å². The van der Waals surface area contributed by atoms with Crippen LogP contribution in [-0.2, 0) is 14.8 Å². The van der Waals surface area contributed by atoms with Crippen LogP contribution in [0.1, 0.15) is 36.4 Å². The third-order valence-corrected chi connectivity index (χ3v) is 7.47. The summed E-state index contributed by atoms with van der Waals surface area (Å²) in [5.74, 6) is 1.86. The molecule has 1 atom stereocenters. The van der Waals surface area contributed by atoms with Crippen molar-refractivity contribution in [2.45, 2.75) is 24.7 Å². The van der Waals surface area contributed by atoms with Crippen LogP contribution >= 0.6 is 0 Å². The number of hydrogen-bond donors (Lipinski definition) is 0. The van der Waals surface area contributed by atoms with Crippen molar-refractivity contribution < 1.29 is 22.5 Å². The van der Waals surface area contributed by atoms with E-state index in [0.717, 1.165) is 12.8 Å². The van der Waals surface area contributed by atoms with Crippen molar-refractivity contribution in [3.8, 4) is 5.75 Å². The Kier molecular flexibility index (Phi) is 4.59. The van der Waals surface area contributed by atoms with Crippen LogP contribution in [0.4, 0.5) is 0 Å². The molecule has 1 spiro atoms. The fraction of sp³-hybridized carbons (Fsp3) is 0.550. The maximum atomic E-state index is 12.6. The van der Waals surface area contributed by atoms with Gasteiger partial charge in [-0.15, -0.1) is 0 Å². The topological polar surface area (TPSA) is 106 Å². The molecular weight excluding hydrogens is 408 g/mol. The number of likely N-dealkylation sites (tertiary alicyclic amines) is 1. The molecule has 2 saturated heterocycles. The normalized spacial score (nSPS) is 23.5. The molecule has 0 radical (unpaired) electrons. The molecule has 3 heterocycles. The summed E-state index contributed by atoms with van der Waals surface area (Å²) in [5.41, 5.74) is -0.404. The number of sulfonamides is 1. The van der Waals surface area contributed by atoms with Crippen LogP contribution in [0.3, 0.4) is 0 Å². The minimum Gasteiger partial charge on any atom is -0.484 e. The lowest BCUT2D eigenvalue weighted by atomic mass is 9.71. The highest BCUT2D eigenvalue weighted by molar-refractivity contribution is 7.88. The number of carbonyl (C=O) groups excluding carboxylic acids is 1. The molecule has 3 aliphatic rings. The molecule has 1 unspecified atom stereocenters. The Balaban J connectivity index is 1.29. The van der Waals surface area contributed by atoms with Gasteiger partial charge in [-0.3, -0.25) is 4.79 Å². The zero-order chi connectivity index (χ0) is 20.9. The minimum absolute atomic E-state index is 0.0487. The predicted molar refractivity (Wildman–Crippen MR) is 106 cm³/mol. The van der Waals surface area contributed by atoms with E-state index in [1.807, 2.05) is 18.2 Å². The van der Waals surface area contributed by atoms with Crippen LogP contribution in [0, 0.1) is 5.41 Å². The van der Waals surface area contributed by atoms with Gasteiger partial charge < -0.3 is 14.2 Å². The Morgan fingerprint density at radius 2 is 1.97 bits per heavy atom. The second kappa shape index (κ2) is 7.05.